The summed E-state index contributed by atoms with van der Waals surface area (Å²) >= 11 is 0. The molecule has 28 heavy (non-hydrogen) atoms. The number of ether oxygens (including phenoxy) is 1. The highest BCUT2D eigenvalue weighted by Crippen LogP contribution is 2.23. The van der Waals surface area contributed by atoms with Gasteiger partial charge in [-0.15, -0.1) is 0 Å². The van der Waals surface area contributed by atoms with Crippen molar-refractivity contribution < 1.29 is 17.9 Å². The van der Waals surface area contributed by atoms with Gasteiger partial charge in [-0.25, -0.2) is 8.42 Å². The van der Waals surface area contributed by atoms with Crippen LogP contribution in [0.4, 0.5) is 5.69 Å². The van der Waals surface area contributed by atoms with Crippen LogP contribution in [0.1, 0.15) is 32.3 Å². The van der Waals surface area contributed by atoms with Crippen LogP contribution in [0.5, 0.6) is 5.75 Å². The largest absolute Gasteiger partial charge is 0.481 e. The third kappa shape index (κ3) is 4.54. The van der Waals surface area contributed by atoms with Crippen molar-refractivity contribution in [3.8, 4) is 5.75 Å². The van der Waals surface area contributed by atoms with Crippen LogP contribution in [0.15, 0.2) is 53.4 Å². The van der Waals surface area contributed by atoms with Gasteiger partial charge in [-0.1, -0.05) is 25.1 Å². The zero-order valence-electron chi connectivity index (χ0n) is 16.2. The molecule has 0 unspecified atom stereocenters. The van der Waals surface area contributed by atoms with Gasteiger partial charge in [0.05, 0.1) is 4.90 Å². The quantitative estimate of drug-likeness (QED) is 0.770. The van der Waals surface area contributed by atoms with Crippen molar-refractivity contribution in [2.24, 2.45) is 0 Å². The standard InChI is InChI=1S/C21H26N2O4S/c1-3-17-8-4-5-9-20(17)27-16(2)21(24)22-18-10-12-19(13-11-18)28(25,26)23-14-6-7-15-23/h4-5,8-13,16H,3,6-7,14-15H2,1-2H3,(H,22,24)/t16-/m0/s1. The van der Waals surface area contributed by atoms with E-state index in [2.05, 4.69) is 5.32 Å². The molecule has 2 aromatic rings. The summed E-state index contributed by atoms with van der Waals surface area (Å²) in [5.74, 6) is 0.403. The molecule has 3 rings (SSSR count). The molecule has 0 saturated carbocycles. The fraction of sp³-hybridized carbons (Fsp3) is 0.381. The van der Waals surface area contributed by atoms with Gasteiger partial charge in [-0.3, -0.25) is 4.79 Å². The molecule has 7 heteroatoms. The molecule has 1 atom stereocenters. The Morgan fingerprint density at radius 3 is 2.39 bits per heavy atom. The second kappa shape index (κ2) is 8.75. The van der Waals surface area contributed by atoms with Gasteiger partial charge in [0.25, 0.3) is 5.91 Å². The first-order valence-electron chi connectivity index (χ1n) is 9.57. The molecule has 1 aliphatic rings. The Morgan fingerprint density at radius 1 is 1.11 bits per heavy atom. The van der Waals surface area contributed by atoms with Gasteiger partial charge >= 0.3 is 0 Å². The zero-order chi connectivity index (χ0) is 20.1. The van der Waals surface area contributed by atoms with E-state index in [0.717, 1.165) is 24.8 Å². The topological polar surface area (TPSA) is 75.7 Å². The second-order valence-electron chi connectivity index (χ2n) is 6.85. The normalized spacial score (nSPS) is 15.9. The highest BCUT2D eigenvalue weighted by molar-refractivity contribution is 7.89. The number of amides is 1. The first-order valence-corrected chi connectivity index (χ1v) is 11.0. The summed E-state index contributed by atoms with van der Waals surface area (Å²) in [6.07, 6.45) is 1.93. The lowest BCUT2D eigenvalue weighted by atomic mass is 10.1. The second-order valence-corrected chi connectivity index (χ2v) is 8.78. The van der Waals surface area contributed by atoms with Crippen LogP contribution in [0, 0.1) is 0 Å². The maximum absolute atomic E-state index is 12.6. The SMILES string of the molecule is CCc1ccccc1O[C@@H](C)C(=O)Nc1ccc(S(=O)(=O)N2CCCC2)cc1. The van der Waals surface area contributed by atoms with Crippen LogP contribution in [-0.2, 0) is 21.2 Å². The molecule has 0 spiro atoms. The molecule has 1 N–H and O–H groups in total. The van der Waals surface area contributed by atoms with Crippen molar-refractivity contribution in [1.29, 1.82) is 0 Å². The molecule has 150 valence electrons. The highest BCUT2D eigenvalue weighted by atomic mass is 32.2. The molecule has 2 aromatic carbocycles. The maximum Gasteiger partial charge on any atom is 0.265 e. The van der Waals surface area contributed by atoms with Gasteiger partial charge in [0, 0.05) is 18.8 Å². The Bertz CT molecular complexity index is 920. The summed E-state index contributed by atoms with van der Waals surface area (Å²) in [6.45, 7) is 4.85. The minimum absolute atomic E-state index is 0.244. The van der Waals surface area contributed by atoms with Crippen molar-refractivity contribution in [1.82, 2.24) is 4.31 Å². The molecular weight excluding hydrogens is 376 g/mol. The van der Waals surface area contributed by atoms with Gasteiger partial charge in [0.2, 0.25) is 10.0 Å². The Hall–Kier alpha value is -2.38. The van der Waals surface area contributed by atoms with Crippen molar-refractivity contribution in [2.45, 2.75) is 44.1 Å². The van der Waals surface area contributed by atoms with Crippen molar-refractivity contribution in [3.05, 3.63) is 54.1 Å². The number of nitrogens with zero attached hydrogens (tertiary/aromatic N) is 1. The van der Waals surface area contributed by atoms with E-state index in [1.807, 2.05) is 31.2 Å². The molecule has 1 amide bonds. The number of aryl methyl sites for hydroxylation is 1. The Balaban J connectivity index is 1.64. The van der Waals surface area contributed by atoms with Crippen molar-refractivity contribution in [3.63, 3.8) is 0 Å². The summed E-state index contributed by atoms with van der Waals surface area (Å²) in [5, 5.41) is 2.78. The number of sulfonamides is 1. The third-order valence-electron chi connectivity index (χ3n) is 4.85. The van der Waals surface area contributed by atoms with Gasteiger partial charge in [-0.05, 0) is 62.1 Å². The monoisotopic (exact) mass is 402 g/mol. The fourth-order valence-corrected chi connectivity index (χ4v) is 4.70. The average Bonchev–Trinajstić information content (AvgIpc) is 3.24. The number of hydrogen-bond acceptors (Lipinski definition) is 4. The lowest BCUT2D eigenvalue weighted by molar-refractivity contribution is -0.122. The van der Waals surface area contributed by atoms with E-state index in [9.17, 15) is 13.2 Å². The van der Waals surface area contributed by atoms with E-state index in [0.29, 0.717) is 24.5 Å². The predicted octanol–water partition coefficient (Wildman–Crippen LogP) is 3.44. The van der Waals surface area contributed by atoms with Crippen LogP contribution in [0.2, 0.25) is 0 Å². The van der Waals surface area contributed by atoms with Crippen molar-refractivity contribution in [2.75, 3.05) is 18.4 Å². The predicted molar refractivity (Wildman–Crippen MR) is 109 cm³/mol. The lowest BCUT2D eigenvalue weighted by Crippen LogP contribution is -2.30. The summed E-state index contributed by atoms with van der Waals surface area (Å²) in [5.41, 5.74) is 1.57. The fourth-order valence-electron chi connectivity index (χ4n) is 3.19. The molecule has 1 saturated heterocycles. The number of benzene rings is 2. The third-order valence-corrected chi connectivity index (χ3v) is 6.76. The first-order chi connectivity index (χ1) is 13.4. The van der Waals surface area contributed by atoms with Gasteiger partial charge < -0.3 is 10.1 Å². The first kappa shape index (κ1) is 20.4. The van der Waals surface area contributed by atoms with E-state index in [1.54, 1.807) is 19.1 Å². The zero-order valence-corrected chi connectivity index (χ0v) is 17.0. The lowest BCUT2D eigenvalue weighted by Gasteiger charge is -2.18. The number of anilines is 1. The molecule has 0 radical (unpaired) electrons. The minimum atomic E-state index is -3.45. The van der Waals surface area contributed by atoms with Crippen LogP contribution >= 0.6 is 0 Å². The molecule has 1 heterocycles. The number of nitrogens with one attached hydrogen (secondary N) is 1. The molecule has 1 aliphatic heterocycles. The van der Waals surface area contributed by atoms with Crippen LogP contribution in [0.3, 0.4) is 0 Å². The van der Waals surface area contributed by atoms with E-state index in [-0.39, 0.29) is 10.8 Å². The molecule has 0 aromatic heterocycles. The van der Waals surface area contributed by atoms with E-state index < -0.39 is 16.1 Å². The Kier molecular flexibility index (Phi) is 6.36. The van der Waals surface area contributed by atoms with Crippen molar-refractivity contribution >= 4 is 21.6 Å². The Morgan fingerprint density at radius 2 is 1.75 bits per heavy atom. The smallest absolute Gasteiger partial charge is 0.265 e. The highest BCUT2D eigenvalue weighted by Gasteiger charge is 2.27. The van der Waals surface area contributed by atoms with Gasteiger partial charge in [0.1, 0.15) is 5.75 Å². The van der Waals surface area contributed by atoms with E-state index in [1.165, 1.54) is 16.4 Å². The Labute approximate surface area is 166 Å². The number of rotatable bonds is 7. The molecule has 0 aliphatic carbocycles. The van der Waals surface area contributed by atoms with Crippen LogP contribution in [0.25, 0.3) is 0 Å². The van der Waals surface area contributed by atoms with Gasteiger partial charge in [-0.2, -0.15) is 4.31 Å². The van der Waals surface area contributed by atoms with Crippen LogP contribution in [-0.4, -0.2) is 37.8 Å². The summed E-state index contributed by atoms with van der Waals surface area (Å²) < 4.78 is 32.4. The summed E-state index contributed by atoms with van der Waals surface area (Å²) in [7, 11) is -3.45. The minimum Gasteiger partial charge on any atom is -0.481 e. The summed E-state index contributed by atoms with van der Waals surface area (Å²) in [6, 6.07) is 13.9. The number of hydrogen-bond donors (Lipinski definition) is 1. The number of para-hydroxylation sites is 1. The van der Waals surface area contributed by atoms with Crippen LogP contribution < -0.4 is 10.1 Å². The molecule has 0 bridgehead atoms. The maximum atomic E-state index is 12.6. The molecule has 1 fully saturated rings. The summed E-state index contributed by atoms with van der Waals surface area (Å²) in [4.78, 5) is 12.7. The van der Waals surface area contributed by atoms with Gasteiger partial charge in [0.15, 0.2) is 6.10 Å². The molecule has 6 nitrogen and oxygen atoms in total. The van der Waals surface area contributed by atoms with E-state index in [4.69, 9.17) is 4.74 Å². The number of carbonyl (C=O) groups excluding carboxylic acids is 1. The average molecular weight is 403 g/mol. The van der Waals surface area contributed by atoms with E-state index >= 15 is 0 Å². The molecular formula is C21H26N2O4S. The number of carbonyl (C=O) groups is 1.